The lowest BCUT2D eigenvalue weighted by atomic mass is 9.95. The maximum atomic E-state index is 6.25. The topological polar surface area (TPSA) is 35.2 Å². The third-order valence-corrected chi connectivity index (χ3v) is 3.53. The molecule has 1 aromatic rings. The Balaban J connectivity index is 1.77. The zero-order valence-corrected chi connectivity index (χ0v) is 10.2. The van der Waals surface area contributed by atoms with E-state index >= 15 is 0 Å². The van der Waals surface area contributed by atoms with Crippen molar-refractivity contribution in [3.05, 3.63) is 29.3 Å². The minimum atomic E-state index is 0.0203. The number of hydrogen-bond acceptors (Lipinski definition) is 2. The van der Waals surface area contributed by atoms with E-state index in [4.69, 9.17) is 22.1 Å². The Morgan fingerprint density at radius 2 is 1.81 bits per heavy atom. The zero-order chi connectivity index (χ0) is 11.4. The van der Waals surface area contributed by atoms with Crippen molar-refractivity contribution in [2.75, 3.05) is 6.61 Å². The van der Waals surface area contributed by atoms with E-state index in [0.29, 0.717) is 6.61 Å². The Labute approximate surface area is 102 Å². The summed E-state index contributed by atoms with van der Waals surface area (Å²) in [5, 5.41) is 0.735. The van der Waals surface area contributed by atoms with Crippen molar-refractivity contribution in [1.82, 2.24) is 0 Å². The first kappa shape index (κ1) is 11.7. The van der Waals surface area contributed by atoms with E-state index in [1.165, 1.54) is 12.8 Å². The smallest absolute Gasteiger partial charge is 0.119 e. The van der Waals surface area contributed by atoms with Gasteiger partial charge in [0.25, 0.3) is 0 Å². The van der Waals surface area contributed by atoms with Crippen molar-refractivity contribution < 1.29 is 4.74 Å². The van der Waals surface area contributed by atoms with Gasteiger partial charge in [0.1, 0.15) is 5.75 Å². The summed E-state index contributed by atoms with van der Waals surface area (Å²) >= 11 is 5.80. The molecule has 0 radical (unpaired) electrons. The molecule has 0 aromatic heterocycles. The molecule has 0 heterocycles. The molecular formula is C13H18ClNO. The standard InChI is InChI=1S/C13H18ClNO/c14-11-3-5-12(6-4-11)16-10-9-13(15)7-1-2-8-13/h3-6H,1-2,7-10,15H2. The minimum Gasteiger partial charge on any atom is -0.494 e. The molecule has 0 spiro atoms. The number of halogens is 1. The minimum absolute atomic E-state index is 0.0203. The highest BCUT2D eigenvalue weighted by atomic mass is 35.5. The van der Waals surface area contributed by atoms with E-state index < -0.39 is 0 Å². The van der Waals surface area contributed by atoms with Gasteiger partial charge in [-0.1, -0.05) is 24.4 Å². The second kappa shape index (κ2) is 5.07. The lowest BCUT2D eigenvalue weighted by Crippen LogP contribution is -2.37. The predicted octanol–water partition coefficient (Wildman–Crippen LogP) is 3.38. The maximum absolute atomic E-state index is 6.25. The van der Waals surface area contributed by atoms with Gasteiger partial charge < -0.3 is 10.5 Å². The Hall–Kier alpha value is -0.730. The first-order chi connectivity index (χ1) is 7.68. The van der Waals surface area contributed by atoms with Gasteiger partial charge in [0, 0.05) is 10.6 Å². The monoisotopic (exact) mass is 239 g/mol. The Kier molecular flexibility index (Phi) is 3.72. The summed E-state index contributed by atoms with van der Waals surface area (Å²) in [6.45, 7) is 0.693. The van der Waals surface area contributed by atoms with Gasteiger partial charge in [0.2, 0.25) is 0 Å². The Morgan fingerprint density at radius 3 is 2.44 bits per heavy atom. The van der Waals surface area contributed by atoms with E-state index in [2.05, 4.69) is 0 Å². The third kappa shape index (κ3) is 3.13. The molecule has 0 atom stereocenters. The molecule has 1 aliphatic carbocycles. The van der Waals surface area contributed by atoms with Crippen molar-refractivity contribution in [1.29, 1.82) is 0 Å². The van der Waals surface area contributed by atoms with Gasteiger partial charge in [-0.15, -0.1) is 0 Å². The van der Waals surface area contributed by atoms with Crippen molar-refractivity contribution in [2.45, 2.75) is 37.6 Å². The van der Waals surface area contributed by atoms with Crippen LogP contribution in [0.15, 0.2) is 24.3 Å². The van der Waals surface area contributed by atoms with Crippen molar-refractivity contribution in [3.8, 4) is 5.75 Å². The Bertz CT molecular complexity index is 330. The SMILES string of the molecule is NC1(CCOc2ccc(Cl)cc2)CCCC1. The number of ether oxygens (including phenoxy) is 1. The van der Waals surface area contributed by atoms with Gasteiger partial charge in [0.05, 0.1) is 6.61 Å². The van der Waals surface area contributed by atoms with Crippen LogP contribution in [0.2, 0.25) is 5.02 Å². The van der Waals surface area contributed by atoms with Crippen LogP contribution in [0.5, 0.6) is 5.75 Å². The summed E-state index contributed by atoms with van der Waals surface area (Å²) in [6, 6.07) is 7.45. The van der Waals surface area contributed by atoms with Crippen LogP contribution in [0, 0.1) is 0 Å². The lowest BCUT2D eigenvalue weighted by molar-refractivity contribution is 0.258. The number of rotatable bonds is 4. The van der Waals surface area contributed by atoms with Gasteiger partial charge in [0.15, 0.2) is 0 Å². The number of nitrogens with two attached hydrogens (primary N) is 1. The van der Waals surface area contributed by atoms with E-state index in [1.54, 1.807) is 0 Å². The average molecular weight is 240 g/mol. The van der Waals surface area contributed by atoms with Gasteiger partial charge in [-0.3, -0.25) is 0 Å². The van der Waals surface area contributed by atoms with Crippen LogP contribution in [0.1, 0.15) is 32.1 Å². The zero-order valence-electron chi connectivity index (χ0n) is 9.42. The van der Waals surface area contributed by atoms with Crippen LogP contribution in [0.4, 0.5) is 0 Å². The fraction of sp³-hybridized carbons (Fsp3) is 0.538. The lowest BCUT2D eigenvalue weighted by Gasteiger charge is -2.23. The second-order valence-corrected chi connectivity index (χ2v) is 5.06. The quantitative estimate of drug-likeness (QED) is 0.874. The van der Waals surface area contributed by atoms with Crippen molar-refractivity contribution in [2.24, 2.45) is 5.73 Å². The first-order valence-corrected chi connectivity index (χ1v) is 6.23. The van der Waals surface area contributed by atoms with Crippen LogP contribution >= 0.6 is 11.6 Å². The number of benzene rings is 1. The first-order valence-electron chi connectivity index (χ1n) is 5.85. The molecule has 2 nitrogen and oxygen atoms in total. The predicted molar refractivity (Wildman–Crippen MR) is 67.0 cm³/mol. The van der Waals surface area contributed by atoms with Gasteiger partial charge >= 0.3 is 0 Å². The van der Waals surface area contributed by atoms with Crippen LogP contribution in [-0.2, 0) is 0 Å². The van der Waals surface area contributed by atoms with Crippen molar-refractivity contribution >= 4 is 11.6 Å². The van der Waals surface area contributed by atoms with E-state index in [0.717, 1.165) is 30.0 Å². The third-order valence-electron chi connectivity index (χ3n) is 3.28. The summed E-state index contributed by atoms with van der Waals surface area (Å²) in [7, 11) is 0. The highest BCUT2D eigenvalue weighted by Gasteiger charge is 2.28. The molecule has 0 bridgehead atoms. The maximum Gasteiger partial charge on any atom is 0.119 e. The largest absolute Gasteiger partial charge is 0.494 e. The summed E-state index contributed by atoms with van der Waals surface area (Å²) in [5.74, 6) is 0.867. The van der Waals surface area contributed by atoms with Crippen LogP contribution in [0.3, 0.4) is 0 Å². The summed E-state index contributed by atoms with van der Waals surface area (Å²) < 4.78 is 5.65. The summed E-state index contributed by atoms with van der Waals surface area (Å²) in [6.07, 6.45) is 5.73. The average Bonchev–Trinajstić information content (AvgIpc) is 2.69. The molecule has 3 heteroatoms. The fourth-order valence-corrected chi connectivity index (χ4v) is 2.36. The van der Waals surface area contributed by atoms with E-state index in [-0.39, 0.29) is 5.54 Å². The van der Waals surface area contributed by atoms with Gasteiger partial charge in [-0.2, -0.15) is 0 Å². The molecule has 2 N–H and O–H groups in total. The highest BCUT2D eigenvalue weighted by molar-refractivity contribution is 6.30. The molecule has 1 aromatic carbocycles. The number of hydrogen-bond donors (Lipinski definition) is 1. The molecule has 0 aliphatic heterocycles. The molecule has 16 heavy (non-hydrogen) atoms. The molecule has 0 saturated heterocycles. The van der Waals surface area contributed by atoms with Gasteiger partial charge in [-0.25, -0.2) is 0 Å². The molecule has 1 aliphatic rings. The molecule has 2 rings (SSSR count). The molecule has 88 valence electrons. The summed E-state index contributed by atoms with van der Waals surface area (Å²) in [5.41, 5.74) is 6.27. The van der Waals surface area contributed by atoms with E-state index in [1.807, 2.05) is 24.3 Å². The van der Waals surface area contributed by atoms with Crippen LogP contribution < -0.4 is 10.5 Å². The molecule has 0 unspecified atom stereocenters. The second-order valence-electron chi connectivity index (χ2n) is 4.62. The Morgan fingerprint density at radius 1 is 1.19 bits per heavy atom. The van der Waals surface area contributed by atoms with Crippen molar-refractivity contribution in [3.63, 3.8) is 0 Å². The van der Waals surface area contributed by atoms with Crippen LogP contribution in [-0.4, -0.2) is 12.1 Å². The van der Waals surface area contributed by atoms with E-state index in [9.17, 15) is 0 Å². The van der Waals surface area contributed by atoms with Crippen LogP contribution in [0.25, 0.3) is 0 Å². The molecule has 1 fully saturated rings. The normalized spacial score (nSPS) is 18.6. The fourth-order valence-electron chi connectivity index (χ4n) is 2.23. The molecule has 0 amide bonds. The molecular weight excluding hydrogens is 222 g/mol. The molecule has 1 saturated carbocycles. The highest BCUT2D eigenvalue weighted by Crippen LogP contribution is 2.30. The summed E-state index contributed by atoms with van der Waals surface area (Å²) in [4.78, 5) is 0. The van der Waals surface area contributed by atoms with Gasteiger partial charge in [-0.05, 0) is 43.5 Å².